The zero-order chi connectivity index (χ0) is 24.5. The van der Waals surface area contributed by atoms with E-state index < -0.39 is 21.7 Å². The molecule has 0 radical (unpaired) electrons. The highest BCUT2D eigenvalue weighted by molar-refractivity contribution is 7.92. The molecule has 34 heavy (non-hydrogen) atoms. The van der Waals surface area contributed by atoms with Crippen molar-refractivity contribution in [1.82, 2.24) is 5.32 Å². The molecule has 0 fully saturated rings. The Bertz CT molecular complexity index is 1290. The number of hydrogen-bond donors (Lipinski definition) is 1. The predicted molar refractivity (Wildman–Crippen MR) is 134 cm³/mol. The van der Waals surface area contributed by atoms with Crippen LogP contribution in [0, 0.1) is 13.8 Å². The number of carbonyl (C=O) groups is 1. The molecule has 1 heterocycles. The highest BCUT2D eigenvalue weighted by Gasteiger charge is 2.39. The summed E-state index contributed by atoms with van der Waals surface area (Å²) in [7, 11) is -3.89. The van der Waals surface area contributed by atoms with Crippen LogP contribution in [0.5, 0.6) is 5.75 Å². The van der Waals surface area contributed by atoms with Gasteiger partial charge >= 0.3 is 0 Å². The fourth-order valence-electron chi connectivity index (χ4n) is 4.13. The van der Waals surface area contributed by atoms with E-state index in [1.165, 1.54) is 4.31 Å². The van der Waals surface area contributed by atoms with Crippen molar-refractivity contribution in [3.05, 3.63) is 89.5 Å². The first-order valence-electron chi connectivity index (χ1n) is 11.3. The second-order valence-electron chi connectivity index (χ2n) is 9.46. The van der Waals surface area contributed by atoms with E-state index in [0.717, 1.165) is 16.7 Å². The first-order chi connectivity index (χ1) is 16.0. The fourth-order valence-corrected chi connectivity index (χ4v) is 5.60. The van der Waals surface area contributed by atoms with E-state index in [2.05, 4.69) is 5.32 Å². The van der Waals surface area contributed by atoms with Gasteiger partial charge in [-0.05, 0) is 69.5 Å². The summed E-state index contributed by atoms with van der Waals surface area (Å²) >= 11 is 0. The van der Waals surface area contributed by atoms with Crippen LogP contribution in [0.1, 0.15) is 30.5 Å². The Kier molecular flexibility index (Phi) is 6.41. The van der Waals surface area contributed by atoms with E-state index >= 15 is 0 Å². The summed E-state index contributed by atoms with van der Waals surface area (Å²) in [6.07, 6.45) is -0.349. The van der Waals surface area contributed by atoms with Crippen molar-refractivity contribution < 1.29 is 17.9 Å². The van der Waals surface area contributed by atoms with E-state index in [9.17, 15) is 13.2 Å². The molecular weight excluding hydrogens is 448 g/mol. The summed E-state index contributed by atoms with van der Waals surface area (Å²) in [6, 6.07) is 21.9. The first-order valence-corrected chi connectivity index (χ1v) is 12.7. The second kappa shape index (κ2) is 9.14. The Morgan fingerprint density at radius 2 is 1.65 bits per heavy atom. The van der Waals surface area contributed by atoms with Crippen LogP contribution in [0.15, 0.2) is 77.7 Å². The van der Waals surface area contributed by atoms with E-state index in [1.807, 2.05) is 64.1 Å². The van der Waals surface area contributed by atoms with Crippen molar-refractivity contribution >= 4 is 21.6 Å². The van der Waals surface area contributed by atoms with Gasteiger partial charge in [0.25, 0.3) is 15.9 Å². The van der Waals surface area contributed by atoms with Crippen molar-refractivity contribution in [2.75, 3.05) is 10.8 Å². The summed E-state index contributed by atoms with van der Waals surface area (Å²) < 4.78 is 34.5. The van der Waals surface area contributed by atoms with Gasteiger partial charge in [-0.3, -0.25) is 9.10 Å². The van der Waals surface area contributed by atoms with Crippen molar-refractivity contribution in [3.8, 4) is 5.75 Å². The number of rotatable bonds is 6. The average molecular weight is 479 g/mol. The molecule has 3 aromatic rings. The quantitative estimate of drug-likeness (QED) is 0.570. The number of nitrogens with one attached hydrogen (secondary N) is 1. The Morgan fingerprint density at radius 1 is 1.00 bits per heavy atom. The molecule has 0 saturated carbocycles. The standard InChI is InChI=1S/C27H30N2O4S/c1-19-10-13-22(14-11-19)34(31,32)29-18-25(33-24-15-12-20(2)16-23(24)29)26(30)28-27(3,4)17-21-8-6-5-7-9-21/h5-16,25H,17-18H2,1-4H3,(H,28,30)/t25-/m1/s1. The number of carbonyl (C=O) groups excluding carboxylic acids is 1. The van der Waals surface area contributed by atoms with Gasteiger partial charge < -0.3 is 10.1 Å². The molecular formula is C27H30N2O4S. The molecule has 1 atom stereocenters. The highest BCUT2D eigenvalue weighted by Crippen LogP contribution is 2.38. The average Bonchev–Trinajstić information content (AvgIpc) is 2.78. The van der Waals surface area contributed by atoms with E-state index in [1.54, 1.807) is 36.4 Å². The monoisotopic (exact) mass is 478 g/mol. The molecule has 6 nitrogen and oxygen atoms in total. The van der Waals surface area contributed by atoms with Gasteiger partial charge in [-0.2, -0.15) is 0 Å². The van der Waals surface area contributed by atoms with Crippen LogP contribution in [0.25, 0.3) is 0 Å². The molecule has 3 aromatic carbocycles. The molecule has 0 unspecified atom stereocenters. The van der Waals surface area contributed by atoms with Crippen LogP contribution in [0.4, 0.5) is 5.69 Å². The Morgan fingerprint density at radius 3 is 2.32 bits per heavy atom. The van der Waals surface area contributed by atoms with Gasteiger partial charge in [-0.1, -0.05) is 54.1 Å². The predicted octanol–water partition coefficient (Wildman–Crippen LogP) is 4.40. The van der Waals surface area contributed by atoms with Crippen LogP contribution in [-0.4, -0.2) is 32.5 Å². The third-order valence-corrected chi connectivity index (χ3v) is 7.63. The number of fused-ring (bicyclic) bond motifs is 1. The van der Waals surface area contributed by atoms with Crippen LogP contribution < -0.4 is 14.4 Å². The topological polar surface area (TPSA) is 75.7 Å². The number of nitrogens with zero attached hydrogens (tertiary/aromatic N) is 1. The van der Waals surface area contributed by atoms with Crippen molar-refractivity contribution in [2.45, 2.75) is 50.7 Å². The summed E-state index contributed by atoms with van der Waals surface area (Å²) in [5, 5.41) is 3.05. The Balaban J connectivity index is 1.62. The first kappa shape index (κ1) is 23.8. The summed E-state index contributed by atoms with van der Waals surface area (Å²) in [5.41, 5.74) is 2.86. The zero-order valence-corrected chi connectivity index (χ0v) is 20.7. The molecule has 1 N–H and O–H groups in total. The number of ether oxygens (including phenoxy) is 1. The fraction of sp³-hybridized carbons (Fsp3) is 0.296. The molecule has 0 aliphatic carbocycles. The van der Waals surface area contributed by atoms with Crippen LogP contribution in [0.2, 0.25) is 0 Å². The molecule has 1 aliphatic rings. The van der Waals surface area contributed by atoms with Gasteiger partial charge in [0.15, 0.2) is 6.10 Å². The molecule has 0 aromatic heterocycles. The molecule has 0 bridgehead atoms. The van der Waals surface area contributed by atoms with Gasteiger partial charge in [-0.15, -0.1) is 0 Å². The minimum atomic E-state index is -3.89. The van der Waals surface area contributed by atoms with Gasteiger partial charge in [0.05, 0.1) is 17.1 Å². The minimum Gasteiger partial charge on any atom is -0.476 e. The molecule has 4 rings (SSSR count). The van der Waals surface area contributed by atoms with Gasteiger partial charge in [-0.25, -0.2) is 8.42 Å². The lowest BCUT2D eigenvalue weighted by Gasteiger charge is -2.36. The minimum absolute atomic E-state index is 0.111. The van der Waals surface area contributed by atoms with E-state index in [-0.39, 0.29) is 17.3 Å². The van der Waals surface area contributed by atoms with Crippen molar-refractivity contribution in [1.29, 1.82) is 0 Å². The Labute approximate surface area is 201 Å². The molecule has 0 spiro atoms. The molecule has 178 valence electrons. The number of hydrogen-bond acceptors (Lipinski definition) is 4. The van der Waals surface area contributed by atoms with Crippen molar-refractivity contribution in [2.24, 2.45) is 0 Å². The lowest BCUT2D eigenvalue weighted by atomic mass is 9.94. The van der Waals surface area contributed by atoms with Crippen LogP contribution >= 0.6 is 0 Å². The van der Waals surface area contributed by atoms with E-state index in [4.69, 9.17) is 4.74 Å². The lowest BCUT2D eigenvalue weighted by Crippen LogP contribution is -2.55. The maximum atomic E-state index is 13.6. The van der Waals surface area contributed by atoms with Gasteiger partial charge in [0.2, 0.25) is 0 Å². The summed E-state index contributed by atoms with van der Waals surface area (Å²) in [5.74, 6) is 0.0183. The number of sulfonamides is 1. The molecule has 0 saturated heterocycles. The van der Waals surface area contributed by atoms with Crippen LogP contribution in [-0.2, 0) is 21.2 Å². The SMILES string of the molecule is Cc1ccc(S(=O)(=O)N2C[C@H](C(=O)NC(C)(C)Cc3ccccc3)Oc3ccc(C)cc32)cc1. The summed E-state index contributed by atoms with van der Waals surface area (Å²) in [4.78, 5) is 13.5. The highest BCUT2D eigenvalue weighted by atomic mass is 32.2. The lowest BCUT2D eigenvalue weighted by molar-refractivity contribution is -0.129. The van der Waals surface area contributed by atoms with Crippen LogP contribution in [0.3, 0.4) is 0 Å². The smallest absolute Gasteiger partial charge is 0.264 e. The molecule has 7 heteroatoms. The van der Waals surface area contributed by atoms with Gasteiger partial charge in [0.1, 0.15) is 5.75 Å². The normalized spacial score (nSPS) is 15.9. The van der Waals surface area contributed by atoms with E-state index in [0.29, 0.717) is 17.9 Å². The largest absolute Gasteiger partial charge is 0.476 e. The number of amides is 1. The number of anilines is 1. The summed E-state index contributed by atoms with van der Waals surface area (Å²) in [6.45, 7) is 7.57. The maximum Gasteiger partial charge on any atom is 0.264 e. The zero-order valence-electron chi connectivity index (χ0n) is 19.9. The second-order valence-corrected chi connectivity index (χ2v) is 11.3. The Hall–Kier alpha value is -3.32. The van der Waals surface area contributed by atoms with Crippen molar-refractivity contribution in [3.63, 3.8) is 0 Å². The maximum absolute atomic E-state index is 13.6. The third-order valence-electron chi connectivity index (χ3n) is 5.84. The molecule has 1 amide bonds. The third kappa shape index (κ3) is 5.09. The van der Waals surface area contributed by atoms with Gasteiger partial charge in [0, 0.05) is 5.54 Å². The number of benzene rings is 3. The molecule has 1 aliphatic heterocycles. The number of aryl methyl sites for hydroxylation is 2.